The summed E-state index contributed by atoms with van der Waals surface area (Å²) in [6, 6.07) is 9.93. The Balaban J connectivity index is 1.95. The van der Waals surface area contributed by atoms with Crippen molar-refractivity contribution in [3.63, 3.8) is 0 Å². The van der Waals surface area contributed by atoms with E-state index < -0.39 is 0 Å². The first-order valence-corrected chi connectivity index (χ1v) is 6.22. The Morgan fingerprint density at radius 2 is 1.89 bits per heavy atom. The lowest BCUT2D eigenvalue weighted by atomic mass is 9.97. The molecule has 0 aliphatic carbocycles. The summed E-state index contributed by atoms with van der Waals surface area (Å²) in [5.74, 6) is 0. The van der Waals surface area contributed by atoms with Crippen molar-refractivity contribution >= 4 is 0 Å². The molecule has 0 fully saturated rings. The molecule has 4 heteroatoms. The molecule has 96 valence electrons. The molecule has 4 nitrogen and oxygen atoms in total. The Kier molecular flexibility index (Phi) is 3.77. The minimum absolute atomic E-state index is 0.287. The number of aromatic nitrogens is 3. The predicted molar refractivity (Wildman–Crippen MR) is 72.5 cm³/mol. The average molecular weight is 244 g/mol. The Bertz CT molecular complexity index is 482. The molecular formula is C14H20N4. The molecule has 2 aromatic rings. The molecule has 0 saturated carbocycles. The van der Waals surface area contributed by atoms with Gasteiger partial charge in [-0.05, 0) is 17.5 Å². The van der Waals surface area contributed by atoms with Gasteiger partial charge < -0.3 is 5.32 Å². The maximum absolute atomic E-state index is 4.44. The molecule has 0 unspecified atom stereocenters. The quantitative estimate of drug-likeness (QED) is 0.898. The lowest BCUT2D eigenvalue weighted by Gasteiger charge is -2.18. The van der Waals surface area contributed by atoms with Crippen LogP contribution >= 0.6 is 0 Å². The van der Waals surface area contributed by atoms with Crippen LogP contribution in [0.4, 0.5) is 0 Å². The lowest BCUT2D eigenvalue weighted by molar-refractivity contribution is 0.378. The molecule has 0 saturated heterocycles. The van der Waals surface area contributed by atoms with Gasteiger partial charge in [0.05, 0.1) is 17.6 Å². The number of nitrogens with one attached hydrogen (secondary N) is 1. The first-order chi connectivity index (χ1) is 8.54. The van der Waals surface area contributed by atoms with Gasteiger partial charge in [-0.15, -0.1) is 0 Å². The fourth-order valence-electron chi connectivity index (χ4n) is 1.63. The van der Waals surface area contributed by atoms with Crippen LogP contribution in [0.2, 0.25) is 0 Å². The summed E-state index contributed by atoms with van der Waals surface area (Å²) in [5, 5.41) is 12.1. The van der Waals surface area contributed by atoms with Crippen LogP contribution < -0.4 is 5.32 Å². The van der Waals surface area contributed by atoms with Gasteiger partial charge >= 0.3 is 0 Å². The van der Waals surface area contributed by atoms with Gasteiger partial charge in [-0.2, -0.15) is 15.0 Å². The summed E-state index contributed by atoms with van der Waals surface area (Å²) in [5.41, 5.74) is 2.23. The van der Waals surface area contributed by atoms with E-state index in [0.29, 0.717) is 0 Å². The first kappa shape index (κ1) is 12.8. The summed E-state index contributed by atoms with van der Waals surface area (Å²) in [6.07, 6.45) is 1.81. The third-order valence-electron chi connectivity index (χ3n) is 2.49. The SMILES string of the molecule is CC(C)(C)CNCc1cnn(-c2ccccc2)n1. The highest BCUT2D eigenvalue weighted by atomic mass is 15.5. The predicted octanol–water partition coefficient (Wildman–Crippen LogP) is 2.40. The average Bonchev–Trinajstić information content (AvgIpc) is 2.77. The van der Waals surface area contributed by atoms with Crippen LogP contribution in [0.3, 0.4) is 0 Å². The highest BCUT2D eigenvalue weighted by Crippen LogP contribution is 2.10. The van der Waals surface area contributed by atoms with E-state index in [4.69, 9.17) is 0 Å². The highest BCUT2D eigenvalue weighted by molar-refractivity contribution is 5.28. The number of rotatable bonds is 4. The van der Waals surface area contributed by atoms with Crippen LogP contribution in [-0.4, -0.2) is 21.5 Å². The number of hydrogen-bond donors (Lipinski definition) is 1. The minimum Gasteiger partial charge on any atom is -0.311 e. The molecule has 2 rings (SSSR count). The van der Waals surface area contributed by atoms with Gasteiger partial charge in [0, 0.05) is 13.1 Å². The number of para-hydroxylation sites is 1. The topological polar surface area (TPSA) is 42.7 Å². The van der Waals surface area contributed by atoms with Crippen LogP contribution in [0.1, 0.15) is 26.5 Å². The normalized spacial score (nSPS) is 11.7. The summed E-state index contributed by atoms with van der Waals surface area (Å²) >= 11 is 0. The highest BCUT2D eigenvalue weighted by Gasteiger charge is 2.09. The smallest absolute Gasteiger partial charge is 0.0969 e. The third-order valence-corrected chi connectivity index (χ3v) is 2.49. The van der Waals surface area contributed by atoms with Crippen molar-refractivity contribution in [2.45, 2.75) is 27.3 Å². The van der Waals surface area contributed by atoms with Gasteiger partial charge in [0.15, 0.2) is 0 Å². The number of nitrogens with zero attached hydrogens (tertiary/aromatic N) is 3. The van der Waals surface area contributed by atoms with Crippen molar-refractivity contribution in [1.82, 2.24) is 20.3 Å². The summed E-state index contributed by atoms with van der Waals surface area (Å²) in [6.45, 7) is 8.35. The van der Waals surface area contributed by atoms with Crippen LogP contribution in [0.15, 0.2) is 36.5 Å². The van der Waals surface area contributed by atoms with E-state index in [9.17, 15) is 0 Å². The van der Waals surface area contributed by atoms with Crippen molar-refractivity contribution < 1.29 is 0 Å². The molecule has 0 amide bonds. The second-order valence-electron chi connectivity index (χ2n) is 5.63. The molecule has 0 spiro atoms. The molecule has 0 bridgehead atoms. The van der Waals surface area contributed by atoms with Gasteiger partial charge in [0.25, 0.3) is 0 Å². The second kappa shape index (κ2) is 5.31. The monoisotopic (exact) mass is 244 g/mol. The van der Waals surface area contributed by atoms with E-state index in [0.717, 1.165) is 24.5 Å². The van der Waals surface area contributed by atoms with Crippen molar-refractivity contribution in [2.75, 3.05) is 6.54 Å². The van der Waals surface area contributed by atoms with E-state index in [1.54, 1.807) is 4.80 Å². The molecule has 1 aromatic heterocycles. The zero-order valence-electron chi connectivity index (χ0n) is 11.2. The molecule has 0 radical (unpaired) electrons. The van der Waals surface area contributed by atoms with Crippen molar-refractivity contribution in [3.8, 4) is 5.69 Å². The Morgan fingerprint density at radius 1 is 1.17 bits per heavy atom. The van der Waals surface area contributed by atoms with Crippen molar-refractivity contribution in [2.24, 2.45) is 5.41 Å². The standard InChI is InChI=1S/C14H20N4/c1-14(2,3)11-15-9-12-10-16-18(17-12)13-7-5-4-6-8-13/h4-8,10,15H,9,11H2,1-3H3. The Labute approximate surface area is 108 Å². The zero-order valence-corrected chi connectivity index (χ0v) is 11.2. The fraction of sp³-hybridized carbons (Fsp3) is 0.429. The van der Waals surface area contributed by atoms with Crippen LogP contribution in [0.25, 0.3) is 5.69 Å². The maximum Gasteiger partial charge on any atom is 0.0969 e. The molecule has 0 atom stereocenters. The molecule has 0 aliphatic rings. The van der Waals surface area contributed by atoms with Crippen LogP contribution in [-0.2, 0) is 6.54 Å². The van der Waals surface area contributed by atoms with Gasteiger partial charge in [-0.1, -0.05) is 39.0 Å². The second-order valence-corrected chi connectivity index (χ2v) is 5.63. The van der Waals surface area contributed by atoms with E-state index in [1.165, 1.54) is 0 Å². The first-order valence-electron chi connectivity index (χ1n) is 6.22. The maximum atomic E-state index is 4.44. The molecule has 1 heterocycles. The Morgan fingerprint density at radius 3 is 2.56 bits per heavy atom. The number of hydrogen-bond acceptors (Lipinski definition) is 3. The van der Waals surface area contributed by atoms with Crippen molar-refractivity contribution in [3.05, 3.63) is 42.2 Å². The van der Waals surface area contributed by atoms with Gasteiger partial charge in [-0.3, -0.25) is 0 Å². The minimum atomic E-state index is 0.287. The van der Waals surface area contributed by atoms with Gasteiger partial charge in [-0.25, -0.2) is 0 Å². The summed E-state index contributed by atoms with van der Waals surface area (Å²) in [7, 11) is 0. The molecule has 18 heavy (non-hydrogen) atoms. The zero-order chi connectivity index (χ0) is 13.0. The van der Waals surface area contributed by atoms with Crippen LogP contribution in [0, 0.1) is 5.41 Å². The molecule has 1 aromatic carbocycles. The van der Waals surface area contributed by atoms with Gasteiger partial charge in [0.2, 0.25) is 0 Å². The summed E-state index contributed by atoms with van der Waals surface area (Å²) < 4.78 is 0. The van der Waals surface area contributed by atoms with E-state index in [2.05, 4.69) is 36.3 Å². The lowest BCUT2D eigenvalue weighted by Crippen LogP contribution is -2.26. The molecule has 1 N–H and O–H groups in total. The fourth-order valence-corrected chi connectivity index (χ4v) is 1.63. The Hall–Kier alpha value is -1.68. The molecular weight excluding hydrogens is 224 g/mol. The molecule has 0 aliphatic heterocycles. The van der Waals surface area contributed by atoms with Crippen molar-refractivity contribution in [1.29, 1.82) is 0 Å². The van der Waals surface area contributed by atoms with Crippen LogP contribution in [0.5, 0.6) is 0 Å². The third kappa shape index (κ3) is 3.67. The van der Waals surface area contributed by atoms with E-state index in [1.807, 2.05) is 36.5 Å². The van der Waals surface area contributed by atoms with Gasteiger partial charge in [0.1, 0.15) is 0 Å². The largest absolute Gasteiger partial charge is 0.311 e. The summed E-state index contributed by atoms with van der Waals surface area (Å²) in [4.78, 5) is 1.66. The van der Waals surface area contributed by atoms with E-state index in [-0.39, 0.29) is 5.41 Å². The van der Waals surface area contributed by atoms with E-state index >= 15 is 0 Å². The number of benzene rings is 1.